The van der Waals surface area contributed by atoms with Gasteiger partial charge in [0.05, 0.1) is 0 Å². The minimum Gasteiger partial charge on any atom is -0.326 e. The van der Waals surface area contributed by atoms with Gasteiger partial charge in [-0.05, 0) is 39.0 Å². The lowest BCUT2D eigenvalue weighted by Gasteiger charge is -2.40. The van der Waals surface area contributed by atoms with Gasteiger partial charge in [-0.15, -0.1) is 0 Å². The molecule has 0 aromatic rings. The highest BCUT2D eigenvalue weighted by Crippen LogP contribution is 2.32. The molecule has 12 heavy (non-hydrogen) atoms. The summed E-state index contributed by atoms with van der Waals surface area (Å²) in [6, 6.07) is 0.132. The average Bonchev–Trinajstić information content (AvgIpc) is 1.94. The van der Waals surface area contributed by atoms with Crippen LogP contribution in [0.3, 0.4) is 0 Å². The third-order valence-corrected chi connectivity index (χ3v) is 3.11. The van der Waals surface area contributed by atoms with E-state index in [1.807, 2.05) is 6.92 Å². The molecule has 4 N–H and O–H groups in total. The van der Waals surface area contributed by atoms with Crippen LogP contribution in [0.5, 0.6) is 0 Å². The van der Waals surface area contributed by atoms with E-state index in [2.05, 4.69) is 13.5 Å². The zero-order valence-electron chi connectivity index (χ0n) is 8.14. The van der Waals surface area contributed by atoms with E-state index in [0.717, 1.165) is 19.3 Å². The highest BCUT2D eigenvalue weighted by Gasteiger charge is 2.34. The van der Waals surface area contributed by atoms with E-state index in [1.54, 1.807) is 0 Å². The second kappa shape index (κ2) is 3.19. The lowest BCUT2D eigenvalue weighted by Crippen LogP contribution is -2.56. The Bertz CT molecular complexity index is 184. The van der Waals surface area contributed by atoms with Crippen LogP contribution >= 0.6 is 0 Å². The van der Waals surface area contributed by atoms with E-state index in [1.165, 1.54) is 5.57 Å². The molecule has 2 heteroatoms. The van der Waals surface area contributed by atoms with Crippen molar-refractivity contribution in [1.29, 1.82) is 0 Å². The first-order valence-corrected chi connectivity index (χ1v) is 4.63. The lowest BCUT2D eigenvalue weighted by atomic mass is 9.73. The minimum atomic E-state index is -0.161. The molecule has 0 aromatic carbocycles. The van der Waals surface area contributed by atoms with Crippen molar-refractivity contribution in [1.82, 2.24) is 0 Å². The molecule has 1 rings (SSSR count). The Morgan fingerprint density at radius 1 is 1.58 bits per heavy atom. The van der Waals surface area contributed by atoms with Crippen molar-refractivity contribution >= 4 is 0 Å². The predicted octanol–water partition coefficient (Wildman–Crippen LogP) is 1.41. The molecule has 1 aliphatic carbocycles. The molecule has 70 valence electrons. The standard InChI is InChI=1S/C10H20N2/c1-7(2)8-4-5-10(3,12)9(11)6-8/h8-9H,1,4-6,11-12H2,2-3H3/t8-,9+,10+/m0/s1. The highest BCUT2D eigenvalue weighted by atomic mass is 14.9. The van der Waals surface area contributed by atoms with Gasteiger partial charge in [0.2, 0.25) is 0 Å². The summed E-state index contributed by atoms with van der Waals surface area (Å²) in [6.07, 6.45) is 3.17. The zero-order chi connectivity index (χ0) is 9.35. The SMILES string of the molecule is C=C(C)[C@H]1CC[C@@](C)(N)[C@H](N)C1. The first-order chi connectivity index (χ1) is 5.43. The first-order valence-electron chi connectivity index (χ1n) is 4.63. The third-order valence-electron chi connectivity index (χ3n) is 3.11. The number of rotatable bonds is 1. The zero-order valence-corrected chi connectivity index (χ0v) is 8.14. The van der Waals surface area contributed by atoms with Crippen molar-refractivity contribution in [2.75, 3.05) is 0 Å². The van der Waals surface area contributed by atoms with E-state index < -0.39 is 0 Å². The molecule has 0 unspecified atom stereocenters. The molecule has 0 saturated heterocycles. The summed E-state index contributed by atoms with van der Waals surface area (Å²) in [4.78, 5) is 0. The molecule has 0 bridgehead atoms. The van der Waals surface area contributed by atoms with Crippen LogP contribution in [0.15, 0.2) is 12.2 Å². The van der Waals surface area contributed by atoms with Crippen LogP contribution in [0.25, 0.3) is 0 Å². The monoisotopic (exact) mass is 168 g/mol. The normalized spacial score (nSPS) is 42.7. The molecule has 0 aliphatic heterocycles. The molecule has 0 heterocycles. The van der Waals surface area contributed by atoms with Gasteiger partial charge in [-0.1, -0.05) is 12.2 Å². The van der Waals surface area contributed by atoms with Crippen LogP contribution < -0.4 is 11.5 Å². The quantitative estimate of drug-likeness (QED) is 0.582. The second-order valence-corrected chi connectivity index (χ2v) is 4.43. The number of hydrogen-bond acceptors (Lipinski definition) is 2. The molecule has 0 spiro atoms. The molecule has 1 aliphatic rings. The Hall–Kier alpha value is -0.340. The lowest BCUT2D eigenvalue weighted by molar-refractivity contribution is 0.234. The molecule has 2 nitrogen and oxygen atoms in total. The van der Waals surface area contributed by atoms with Crippen molar-refractivity contribution in [2.24, 2.45) is 17.4 Å². The number of allylic oxidation sites excluding steroid dienone is 1. The molecule has 0 radical (unpaired) electrons. The molecule has 0 amide bonds. The van der Waals surface area contributed by atoms with Crippen molar-refractivity contribution < 1.29 is 0 Å². The van der Waals surface area contributed by atoms with Crippen LogP contribution in [0, 0.1) is 5.92 Å². The molecule has 1 saturated carbocycles. The fourth-order valence-electron chi connectivity index (χ4n) is 1.81. The smallest absolute Gasteiger partial charge is 0.0279 e. The number of hydrogen-bond donors (Lipinski definition) is 2. The summed E-state index contributed by atoms with van der Waals surface area (Å²) < 4.78 is 0. The van der Waals surface area contributed by atoms with Gasteiger partial charge in [-0.25, -0.2) is 0 Å². The third kappa shape index (κ3) is 1.87. The fourth-order valence-corrected chi connectivity index (χ4v) is 1.81. The number of nitrogens with two attached hydrogens (primary N) is 2. The minimum absolute atomic E-state index is 0.132. The fraction of sp³-hybridized carbons (Fsp3) is 0.800. The second-order valence-electron chi connectivity index (χ2n) is 4.43. The van der Waals surface area contributed by atoms with Gasteiger partial charge in [0.1, 0.15) is 0 Å². The van der Waals surface area contributed by atoms with Crippen LogP contribution in [-0.4, -0.2) is 11.6 Å². The van der Waals surface area contributed by atoms with Crippen LogP contribution in [0.4, 0.5) is 0 Å². The Morgan fingerprint density at radius 3 is 2.58 bits per heavy atom. The van der Waals surface area contributed by atoms with E-state index in [0.29, 0.717) is 5.92 Å². The summed E-state index contributed by atoms with van der Waals surface area (Å²) in [5.74, 6) is 0.594. The Morgan fingerprint density at radius 2 is 2.17 bits per heavy atom. The Balaban J connectivity index is 2.58. The van der Waals surface area contributed by atoms with Crippen molar-refractivity contribution in [3.8, 4) is 0 Å². The van der Waals surface area contributed by atoms with Crippen LogP contribution in [0.1, 0.15) is 33.1 Å². The van der Waals surface area contributed by atoms with Gasteiger partial charge in [-0.3, -0.25) is 0 Å². The van der Waals surface area contributed by atoms with E-state index in [9.17, 15) is 0 Å². The van der Waals surface area contributed by atoms with Gasteiger partial charge in [0.25, 0.3) is 0 Å². The maximum Gasteiger partial charge on any atom is 0.0279 e. The Labute approximate surface area is 75.0 Å². The van der Waals surface area contributed by atoms with Crippen LogP contribution in [-0.2, 0) is 0 Å². The summed E-state index contributed by atoms with van der Waals surface area (Å²) >= 11 is 0. The largest absolute Gasteiger partial charge is 0.326 e. The van der Waals surface area contributed by atoms with Gasteiger partial charge >= 0.3 is 0 Å². The maximum absolute atomic E-state index is 6.03. The van der Waals surface area contributed by atoms with Gasteiger partial charge in [-0.2, -0.15) is 0 Å². The van der Waals surface area contributed by atoms with Crippen LogP contribution in [0.2, 0.25) is 0 Å². The first kappa shape index (κ1) is 9.75. The summed E-state index contributed by atoms with van der Waals surface area (Å²) in [7, 11) is 0. The molecule has 0 aromatic heterocycles. The summed E-state index contributed by atoms with van der Waals surface area (Å²) in [5.41, 5.74) is 13.1. The Kier molecular flexibility index (Phi) is 2.59. The van der Waals surface area contributed by atoms with Crippen molar-refractivity contribution in [3.63, 3.8) is 0 Å². The molecular weight excluding hydrogens is 148 g/mol. The molecule has 1 fully saturated rings. The van der Waals surface area contributed by atoms with Gasteiger partial charge in [0, 0.05) is 11.6 Å². The summed E-state index contributed by atoms with van der Waals surface area (Å²) in [5, 5.41) is 0. The maximum atomic E-state index is 6.03. The van der Waals surface area contributed by atoms with Gasteiger partial charge < -0.3 is 11.5 Å². The summed E-state index contributed by atoms with van der Waals surface area (Å²) in [6.45, 7) is 8.09. The molecule has 3 atom stereocenters. The highest BCUT2D eigenvalue weighted by molar-refractivity contribution is 5.05. The van der Waals surface area contributed by atoms with Crippen molar-refractivity contribution in [3.05, 3.63) is 12.2 Å². The average molecular weight is 168 g/mol. The van der Waals surface area contributed by atoms with E-state index >= 15 is 0 Å². The van der Waals surface area contributed by atoms with E-state index in [4.69, 9.17) is 11.5 Å². The van der Waals surface area contributed by atoms with Crippen molar-refractivity contribution in [2.45, 2.75) is 44.7 Å². The predicted molar refractivity (Wildman–Crippen MR) is 52.7 cm³/mol. The topological polar surface area (TPSA) is 52.0 Å². The molecular formula is C10H20N2. The van der Waals surface area contributed by atoms with E-state index in [-0.39, 0.29) is 11.6 Å². The van der Waals surface area contributed by atoms with Gasteiger partial charge in [0.15, 0.2) is 0 Å².